The highest BCUT2D eigenvalue weighted by Crippen LogP contribution is 2.20. The van der Waals surface area contributed by atoms with Gasteiger partial charge >= 0.3 is 0 Å². The average molecular weight is 455 g/mol. The van der Waals surface area contributed by atoms with Crippen LogP contribution in [0.5, 0.6) is 0 Å². The fourth-order valence-corrected chi connectivity index (χ4v) is 4.47. The Labute approximate surface area is 202 Å². The summed E-state index contributed by atoms with van der Waals surface area (Å²) in [7, 11) is 0. The molecule has 0 radical (unpaired) electrons. The lowest BCUT2D eigenvalue weighted by Crippen LogP contribution is -2.43. The number of likely N-dealkylation sites (tertiary alicyclic amines) is 1. The van der Waals surface area contributed by atoms with Gasteiger partial charge in [-0.2, -0.15) is 0 Å². The predicted molar refractivity (Wildman–Crippen MR) is 138 cm³/mol. The first kappa shape index (κ1) is 23.9. The lowest BCUT2D eigenvalue weighted by Gasteiger charge is -2.22. The van der Waals surface area contributed by atoms with Crippen molar-refractivity contribution in [1.82, 2.24) is 20.5 Å². The molecule has 5 nitrogen and oxygen atoms in total. The van der Waals surface area contributed by atoms with E-state index in [1.807, 2.05) is 30.3 Å². The highest BCUT2D eigenvalue weighted by atomic mass is 16.2. The molecule has 2 aromatic carbocycles. The molecular formula is C29H34N4O. The molecule has 0 aliphatic carbocycles. The number of rotatable bonds is 9. The van der Waals surface area contributed by atoms with E-state index in [1.54, 1.807) is 12.4 Å². The summed E-state index contributed by atoms with van der Waals surface area (Å²) in [5.74, 6) is 0.0769. The fourth-order valence-electron chi connectivity index (χ4n) is 4.47. The first-order valence-corrected chi connectivity index (χ1v) is 12.0. The number of nitrogens with one attached hydrogen (secondary N) is 2. The van der Waals surface area contributed by atoms with E-state index in [1.165, 1.54) is 22.3 Å². The zero-order valence-corrected chi connectivity index (χ0v) is 20.1. The Kier molecular flexibility index (Phi) is 8.23. The van der Waals surface area contributed by atoms with E-state index in [2.05, 4.69) is 76.8 Å². The molecule has 0 spiro atoms. The third kappa shape index (κ3) is 6.62. The standard InChI is InChI=1S/C29H34N4O/c1-22-12-13-23(2)26(16-22)20-31-27-17-28(29(34)32-19-25-10-6-14-30-18-25)33(21-27)15-7-11-24-8-4-3-5-9-24/h3-14,16,18,27-28,31H,15,17,19-21H2,1-2H3,(H,32,34)/t27-,28-/m0/s1. The summed E-state index contributed by atoms with van der Waals surface area (Å²) in [6.45, 7) is 7.17. The van der Waals surface area contributed by atoms with Crippen LogP contribution in [0.4, 0.5) is 0 Å². The minimum atomic E-state index is -0.159. The van der Waals surface area contributed by atoms with Gasteiger partial charge in [0.15, 0.2) is 0 Å². The summed E-state index contributed by atoms with van der Waals surface area (Å²) in [4.78, 5) is 19.6. The summed E-state index contributed by atoms with van der Waals surface area (Å²) in [6.07, 6.45) is 8.62. The van der Waals surface area contributed by atoms with Gasteiger partial charge in [-0.15, -0.1) is 0 Å². The molecule has 1 aliphatic rings. The monoisotopic (exact) mass is 454 g/mol. The van der Waals surface area contributed by atoms with Gasteiger partial charge in [-0.25, -0.2) is 0 Å². The molecule has 1 aromatic heterocycles. The Morgan fingerprint density at radius 1 is 1.09 bits per heavy atom. The van der Waals surface area contributed by atoms with Gasteiger partial charge in [-0.3, -0.25) is 14.7 Å². The van der Waals surface area contributed by atoms with Gasteiger partial charge in [0.25, 0.3) is 0 Å². The van der Waals surface area contributed by atoms with Gasteiger partial charge < -0.3 is 10.6 Å². The van der Waals surface area contributed by atoms with Crippen LogP contribution in [-0.4, -0.2) is 41.0 Å². The molecule has 176 valence electrons. The number of benzene rings is 2. The van der Waals surface area contributed by atoms with Gasteiger partial charge in [0.2, 0.25) is 5.91 Å². The maximum absolute atomic E-state index is 13.2. The molecule has 1 aliphatic heterocycles. The Morgan fingerprint density at radius 2 is 1.94 bits per heavy atom. The third-order valence-corrected chi connectivity index (χ3v) is 6.43. The van der Waals surface area contributed by atoms with E-state index in [-0.39, 0.29) is 18.0 Å². The Bertz CT molecular complexity index is 1100. The van der Waals surface area contributed by atoms with Crippen LogP contribution in [0.3, 0.4) is 0 Å². The minimum Gasteiger partial charge on any atom is -0.351 e. The van der Waals surface area contributed by atoms with Crippen molar-refractivity contribution in [2.75, 3.05) is 13.1 Å². The van der Waals surface area contributed by atoms with Gasteiger partial charge in [0.05, 0.1) is 6.04 Å². The van der Waals surface area contributed by atoms with Crippen LogP contribution in [0.1, 0.15) is 34.2 Å². The van der Waals surface area contributed by atoms with Gasteiger partial charge in [0.1, 0.15) is 0 Å². The number of hydrogen-bond donors (Lipinski definition) is 2. The molecule has 2 atom stereocenters. The molecule has 0 saturated carbocycles. The quantitative estimate of drug-likeness (QED) is 0.507. The van der Waals surface area contributed by atoms with Crippen molar-refractivity contribution in [3.63, 3.8) is 0 Å². The van der Waals surface area contributed by atoms with E-state index in [4.69, 9.17) is 0 Å². The van der Waals surface area contributed by atoms with Crippen molar-refractivity contribution < 1.29 is 4.79 Å². The van der Waals surface area contributed by atoms with E-state index in [9.17, 15) is 4.79 Å². The van der Waals surface area contributed by atoms with E-state index in [0.717, 1.165) is 31.6 Å². The SMILES string of the molecule is Cc1ccc(C)c(CN[C@H]2C[C@@H](C(=O)NCc3cccnc3)N(CC=Cc3ccccc3)C2)c1. The molecule has 1 saturated heterocycles. The molecule has 3 aromatic rings. The van der Waals surface area contributed by atoms with Crippen molar-refractivity contribution in [3.8, 4) is 0 Å². The van der Waals surface area contributed by atoms with Crippen LogP contribution in [0.25, 0.3) is 6.08 Å². The van der Waals surface area contributed by atoms with Gasteiger partial charge in [-0.05, 0) is 48.6 Å². The second kappa shape index (κ2) is 11.7. The number of carbonyl (C=O) groups excluding carboxylic acids is 1. The molecule has 5 heteroatoms. The van der Waals surface area contributed by atoms with Gasteiger partial charge in [-0.1, -0.05) is 72.3 Å². The van der Waals surface area contributed by atoms with Crippen LogP contribution in [0, 0.1) is 13.8 Å². The summed E-state index contributed by atoms with van der Waals surface area (Å²) in [6, 6.07) is 20.8. The normalized spacial score (nSPS) is 18.4. The molecule has 1 fully saturated rings. The average Bonchev–Trinajstić information content (AvgIpc) is 3.27. The lowest BCUT2D eigenvalue weighted by molar-refractivity contribution is -0.125. The summed E-state index contributed by atoms with van der Waals surface area (Å²) in [5.41, 5.74) is 6.07. The topological polar surface area (TPSA) is 57.3 Å². The van der Waals surface area contributed by atoms with Crippen molar-refractivity contribution in [2.45, 2.75) is 45.4 Å². The van der Waals surface area contributed by atoms with Crippen LogP contribution in [0.2, 0.25) is 0 Å². The number of carbonyl (C=O) groups is 1. The van der Waals surface area contributed by atoms with Crippen LogP contribution < -0.4 is 10.6 Å². The van der Waals surface area contributed by atoms with Crippen LogP contribution >= 0.6 is 0 Å². The zero-order chi connectivity index (χ0) is 23.8. The predicted octanol–water partition coefficient (Wildman–Crippen LogP) is 4.26. The van der Waals surface area contributed by atoms with E-state index in [0.29, 0.717) is 6.54 Å². The maximum atomic E-state index is 13.2. The maximum Gasteiger partial charge on any atom is 0.237 e. The van der Waals surface area contributed by atoms with E-state index < -0.39 is 0 Å². The highest BCUT2D eigenvalue weighted by Gasteiger charge is 2.35. The largest absolute Gasteiger partial charge is 0.351 e. The number of amides is 1. The van der Waals surface area contributed by atoms with Crippen LogP contribution in [-0.2, 0) is 17.9 Å². The van der Waals surface area contributed by atoms with Crippen molar-refractivity contribution in [2.24, 2.45) is 0 Å². The number of nitrogens with zero attached hydrogens (tertiary/aromatic N) is 2. The summed E-state index contributed by atoms with van der Waals surface area (Å²) in [5, 5.41) is 6.82. The lowest BCUT2D eigenvalue weighted by atomic mass is 10.0. The summed E-state index contributed by atoms with van der Waals surface area (Å²) < 4.78 is 0. The number of hydrogen-bond acceptors (Lipinski definition) is 4. The highest BCUT2D eigenvalue weighted by molar-refractivity contribution is 5.82. The molecular weight excluding hydrogens is 420 g/mol. The number of aromatic nitrogens is 1. The molecule has 4 rings (SSSR count). The Balaban J connectivity index is 1.40. The van der Waals surface area contributed by atoms with Crippen molar-refractivity contribution in [1.29, 1.82) is 0 Å². The molecule has 2 heterocycles. The zero-order valence-electron chi connectivity index (χ0n) is 20.1. The first-order valence-electron chi connectivity index (χ1n) is 12.0. The van der Waals surface area contributed by atoms with Crippen molar-refractivity contribution >= 4 is 12.0 Å². The molecule has 0 bridgehead atoms. The van der Waals surface area contributed by atoms with Gasteiger partial charge in [0, 0.05) is 44.6 Å². The second-order valence-corrected chi connectivity index (χ2v) is 9.11. The summed E-state index contributed by atoms with van der Waals surface area (Å²) >= 11 is 0. The number of aryl methyl sites for hydroxylation is 2. The molecule has 2 N–H and O–H groups in total. The second-order valence-electron chi connectivity index (χ2n) is 9.11. The third-order valence-electron chi connectivity index (χ3n) is 6.43. The fraction of sp³-hybridized carbons (Fsp3) is 0.310. The minimum absolute atomic E-state index is 0.0769. The Hall–Kier alpha value is -3.28. The first-order chi connectivity index (χ1) is 16.6. The molecule has 34 heavy (non-hydrogen) atoms. The molecule has 1 amide bonds. The smallest absolute Gasteiger partial charge is 0.237 e. The Morgan fingerprint density at radius 3 is 2.74 bits per heavy atom. The van der Waals surface area contributed by atoms with Crippen molar-refractivity contribution in [3.05, 3.63) is 107 Å². The van der Waals surface area contributed by atoms with Crippen LogP contribution in [0.15, 0.2) is 79.1 Å². The molecule has 0 unspecified atom stereocenters. The number of pyridine rings is 1. The van der Waals surface area contributed by atoms with E-state index >= 15 is 0 Å².